The Morgan fingerprint density at radius 3 is 3.08 bits per heavy atom. The zero-order valence-corrected chi connectivity index (χ0v) is 13.1. The fourth-order valence-corrected chi connectivity index (χ4v) is 3.56. The Bertz CT molecular complexity index is 804. The first-order chi connectivity index (χ1) is 11.8. The topological polar surface area (TPSA) is 77.8 Å². The summed E-state index contributed by atoms with van der Waals surface area (Å²) in [7, 11) is 0. The van der Waals surface area contributed by atoms with E-state index in [1.165, 1.54) is 5.56 Å². The number of nitrogens with zero attached hydrogens (tertiary/aromatic N) is 3. The molecule has 6 nitrogen and oxygen atoms in total. The summed E-state index contributed by atoms with van der Waals surface area (Å²) in [6.45, 7) is 0.921. The summed E-state index contributed by atoms with van der Waals surface area (Å²) in [5.41, 5.74) is 4.39. The van der Waals surface area contributed by atoms with Gasteiger partial charge in [-0.15, -0.1) is 0 Å². The van der Waals surface area contributed by atoms with Crippen LogP contribution < -0.4 is 10.2 Å². The van der Waals surface area contributed by atoms with Gasteiger partial charge in [-0.25, -0.2) is 0 Å². The van der Waals surface area contributed by atoms with E-state index >= 15 is 0 Å². The van der Waals surface area contributed by atoms with Gasteiger partial charge in [-0.3, -0.25) is 9.78 Å². The van der Waals surface area contributed by atoms with Crippen molar-refractivity contribution < 1.29 is 10.0 Å². The number of amides is 1. The molecule has 6 heteroatoms. The highest BCUT2D eigenvalue weighted by Crippen LogP contribution is 2.36. The summed E-state index contributed by atoms with van der Waals surface area (Å²) < 4.78 is 0. The molecule has 1 amide bonds. The predicted molar refractivity (Wildman–Crippen MR) is 91.9 cm³/mol. The lowest BCUT2D eigenvalue weighted by molar-refractivity contribution is 0.102. The minimum Gasteiger partial charge on any atom is -0.411 e. The first-order valence-corrected chi connectivity index (χ1v) is 8.08. The van der Waals surface area contributed by atoms with Gasteiger partial charge in [0.2, 0.25) is 0 Å². The van der Waals surface area contributed by atoms with Crippen LogP contribution in [-0.2, 0) is 6.42 Å². The molecule has 3 heterocycles. The normalized spacial score (nSPS) is 20.6. The molecule has 1 atom stereocenters. The molecular formula is C18H18N4O2. The highest BCUT2D eigenvalue weighted by atomic mass is 16.4. The molecule has 2 aliphatic rings. The first kappa shape index (κ1) is 14.7. The third-order valence-electron chi connectivity index (χ3n) is 4.71. The van der Waals surface area contributed by atoms with Gasteiger partial charge in [0.25, 0.3) is 5.91 Å². The molecule has 0 spiro atoms. The van der Waals surface area contributed by atoms with Gasteiger partial charge in [-0.1, -0.05) is 11.2 Å². The number of hydrogen-bond acceptors (Lipinski definition) is 5. The van der Waals surface area contributed by atoms with E-state index in [0.717, 1.165) is 37.2 Å². The van der Waals surface area contributed by atoms with Crippen molar-refractivity contribution in [3.05, 3.63) is 53.9 Å². The molecule has 1 saturated heterocycles. The van der Waals surface area contributed by atoms with Gasteiger partial charge in [0.05, 0.1) is 23.6 Å². The minimum atomic E-state index is -0.151. The third-order valence-corrected chi connectivity index (χ3v) is 4.71. The van der Waals surface area contributed by atoms with E-state index in [2.05, 4.69) is 20.4 Å². The number of oxime groups is 1. The monoisotopic (exact) mass is 322 g/mol. The van der Waals surface area contributed by atoms with Crippen LogP contribution in [0, 0.1) is 0 Å². The van der Waals surface area contributed by atoms with Crippen molar-refractivity contribution in [2.45, 2.75) is 25.3 Å². The average Bonchev–Trinajstić information content (AvgIpc) is 3.00. The van der Waals surface area contributed by atoms with Gasteiger partial charge in [0.15, 0.2) is 0 Å². The Morgan fingerprint density at radius 1 is 1.38 bits per heavy atom. The highest BCUT2D eigenvalue weighted by molar-refractivity contribution is 6.05. The highest BCUT2D eigenvalue weighted by Gasteiger charge is 2.36. The number of fused-ring (bicyclic) bond motifs is 3. The number of carbonyl (C=O) groups excluding carboxylic acids is 1. The van der Waals surface area contributed by atoms with Crippen LogP contribution >= 0.6 is 0 Å². The van der Waals surface area contributed by atoms with Crippen molar-refractivity contribution in [2.24, 2.45) is 5.16 Å². The van der Waals surface area contributed by atoms with Crippen LogP contribution in [0.4, 0.5) is 11.4 Å². The lowest BCUT2D eigenvalue weighted by Crippen LogP contribution is -2.43. The number of hydrogen-bond donors (Lipinski definition) is 2. The molecule has 1 aromatic carbocycles. The quantitative estimate of drug-likeness (QED) is 0.658. The second kappa shape index (κ2) is 5.96. The molecular weight excluding hydrogens is 304 g/mol. The van der Waals surface area contributed by atoms with Crippen molar-refractivity contribution in [1.82, 2.24) is 4.98 Å². The van der Waals surface area contributed by atoms with Gasteiger partial charge in [-0.2, -0.15) is 0 Å². The second-order valence-corrected chi connectivity index (χ2v) is 6.15. The van der Waals surface area contributed by atoms with Gasteiger partial charge in [0, 0.05) is 30.4 Å². The van der Waals surface area contributed by atoms with E-state index < -0.39 is 0 Å². The number of rotatable bonds is 2. The zero-order valence-electron chi connectivity index (χ0n) is 13.1. The van der Waals surface area contributed by atoms with E-state index in [9.17, 15) is 10.0 Å². The van der Waals surface area contributed by atoms with E-state index in [0.29, 0.717) is 11.3 Å². The number of nitrogens with one attached hydrogen (secondary N) is 1. The van der Waals surface area contributed by atoms with Gasteiger partial charge >= 0.3 is 0 Å². The number of carbonyl (C=O) groups is 1. The maximum Gasteiger partial charge on any atom is 0.255 e. The molecule has 2 aromatic rings. The Hall–Kier alpha value is -2.89. The second-order valence-electron chi connectivity index (χ2n) is 6.15. The summed E-state index contributed by atoms with van der Waals surface area (Å²) in [5, 5.41) is 15.5. The van der Waals surface area contributed by atoms with E-state index in [1.807, 2.05) is 24.3 Å². The van der Waals surface area contributed by atoms with Crippen molar-refractivity contribution in [2.75, 3.05) is 16.8 Å². The largest absolute Gasteiger partial charge is 0.411 e. The Balaban J connectivity index is 1.60. The standard InChI is InChI=1S/C18H18N4O2/c23-18(20-14-3-1-7-19-11-14)13-6-5-12-9-17-15(21-24)4-2-8-22(17)16(12)10-13/h1,3,5-7,10-11,17,24H,2,4,8-9H2,(H,20,23)/b21-15+. The zero-order chi connectivity index (χ0) is 16.5. The molecule has 0 aliphatic carbocycles. The van der Waals surface area contributed by atoms with Gasteiger partial charge in [-0.05, 0) is 42.7 Å². The average molecular weight is 322 g/mol. The summed E-state index contributed by atoms with van der Waals surface area (Å²) >= 11 is 0. The molecule has 0 radical (unpaired) electrons. The summed E-state index contributed by atoms with van der Waals surface area (Å²) in [5.74, 6) is -0.151. The molecule has 1 unspecified atom stereocenters. The number of piperidine rings is 1. The summed E-state index contributed by atoms with van der Waals surface area (Å²) in [6.07, 6.45) is 5.92. The van der Waals surface area contributed by atoms with E-state index in [1.54, 1.807) is 18.5 Å². The Labute approximate surface area is 139 Å². The number of aromatic nitrogens is 1. The molecule has 122 valence electrons. The lowest BCUT2D eigenvalue weighted by atomic mass is 9.99. The maximum atomic E-state index is 12.5. The van der Waals surface area contributed by atoms with Crippen LogP contribution in [0.2, 0.25) is 0 Å². The smallest absolute Gasteiger partial charge is 0.255 e. The van der Waals surface area contributed by atoms with Gasteiger partial charge in [0.1, 0.15) is 0 Å². The first-order valence-electron chi connectivity index (χ1n) is 8.08. The number of anilines is 2. The summed E-state index contributed by atoms with van der Waals surface area (Å²) in [6, 6.07) is 9.49. The number of pyridine rings is 1. The van der Waals surface area contributed by atoms with Crippen molar-refractivity contribution >= 4 is 23.0 Å². The lowest BCUT2D eigenvalue weighted by Gasteiger charge is -2.32. The third kappa shape index (κ3) is 2.50. The van der Waals surface area contributed by atoms with Crippen molar-refractivity contribution in [3.8, 4) is 0 Å². The summed E-state index contributed by atoms with van der Waals surface area (Å²) in [4.78, 5) is 18.7. The Morgan fingerprint density at radius 2 is 2.29 bits per heavy atom. The Kier molecular flexibility index (Phi) is 3.65. The molecule has 24 heavy (non-hydrogen) atoms. The van der Waals surface area contributed by atoms with Crippen LogP contribution in [0.3, 0.4) is 0 Å². The molecule has 0 bridgehead atoms. The van der Waals surface area contributed by atoms with Crippen molar-refractivity contribution in [3.63, 3.8) is 0 Å². The van der Waals surface area contributed by atoms with Crippen LogP contribution in [-0.4, -0.2) is 34.4 Å². The maximum absolute atomic E-state index is 12.5. The van der Waals surface area contributed by atoms with Crippen LogP contribution in [0.15, 0.2) is 47.9 Å². The van der Waals surface area contributed by atoms with Crippen molar-refractivity contribution in [1.29, 1.82) is 0 Å². The van der Waals surface area contributed by atoms with Gasteiger partial charge < -0.3 is 15.4 Å². The predicted octanol–water partition coefficient (Wildman–Crippen LogP) is 2.69. The SMILES string of the molecule is O=C(Nc1cccnc1)c1ccc2c(c1)N1CCC/C(=N\O)C1C2. The number of benzene rings is 1. The molecule has 0 saturated carbocycles. The molecule has 1 fully saturated rings. The molecule has 2 aliphatic heterocycles. The van der Waals surface area contributed by atoms with E-state index in [4.69, 9.17) is 0 Å². The van der Waals surface area contributed by atoms with Crippen LogP contribution in [0.1, 0.15) is 28.8 Å². The molecule has 4 rings (SSSR count). The van der Waals surface area contributed by atoms with Crippen LogP contribution in [0.25, 0.3) is 0 Å². The molecule has 2 N–H and O–H groups in total. The minimum absolute atomic E-state index is 0.121. The molecule has 1 aromatic heterocycles. The van der Waals surface area contributed by atoms with Crippen LogP contribution in [0.5, 0.6) is 0 Å². The fourth-order valence-electron chi connectivity index (χ4n) is 3.56. The van der Waals surface area contributed by atoms with E-state index in [-0.39, 0.29) is 11.9 Å². The fraction of sp³-hybridized carbons (Fsp3) is 0.278.